The molecule has 0 fully saturated rings. The van der Waals surface area contributed by atoms with Crippen molar-refractivity contribution in [1.82, 2.24) is 14.8 Å². The molecule has 7 nitrogen and oxygen atoms in total. The molecule has 1 amide bonds. The third-order valence-corrected chi connectivity index (χ3v) is 5.11. The van der Waals surface area contributed by atoms with Gasteiger partial charge in [-0.15, -0.1) is 5.10 Å². The quantitative estimate of drug-likeness (QED) is 0.419. The predicted molar refractivity (Wildman–Crippen MR) is 123 cm³/mol. The number of nitrogens with one attached hydrogen (secondary N) is 1. The number of ether oxygens (including phenoxy) is 1. The molecule has 8 heteroatoms. The van der Waals surface area contributed by atoms with E-state index in [9.17, 15) is 9.59 Å². The van der Waals surface area contributed by atoms with Crippen molar-refractivity contribution in [3.63, 3.8) is 0 Å². The summed E-state index contributed by atoms with van der Waals surface area (Å²) in [6.07, 6.45) is 0. The van der Waals surface area contributed by atoms with E-state index < -0.39 is 5.91 Å². The summed E-state index contributed by atoms with van der Waals surface area (Å²) in [7, 11) is 1.59. The van der Waals surface area contributed by atoms with Crippen LogP contribution in [0.1, 0.15) is 27.9 Å². The van der Waals surface area contributed by atoms with Crippen molar-refractivity contribution >= 4 is 29.0 Å². The van der Waals surface area contributed by atoms with E-state index in [1.54, 1.807) is 55.6 Å². The molecule has 1 heterocycles. The third-order valence-electron chi connectivity index (χ3n) is 4.79. The highest BCUT2D eigenvalue weighted by Gasteiger charge is 2.20. The molecule has 4 rings (SSSR count). The van der Waals surface area contributed by atoms with E-state index in [0.717, 1.165) is 5.56 Å². The number of halogens is 1. The van der Waals surface area contributed by atoms with Gasteiger partial charge in [-0.2, -0.15) is 0 Å². The van der Waals surface area contributed by atoms with Gasteiger partial charge in [0, 0.05) is 16.8 Å². The van der Waals surface area contributed by atoms with E-state index >= 15 is 0 Å². The first-order chi connectivity index (χ1) is 15.5. The van der Waals surface area contributed by atoms with Crippen LogP contribution in [0.25, 0.3) is 17.1 Å². The second kappa shape index (κ2) is 9.03. The Labute approximate surface area is 189 Å². The van der Waals surface area contributed by atoms with Gasteiger partial charge in [0.1, 0.15) is 5.75 Å². The Bertz CT molecular complexity index is 1280. The molecule has 0 saturated carbocycles. The molecule has 0 atom stereocenters. The van der Waals surface area contributed by atoms with Gasteiger partial charge in [0.15, 0.2) is 11.6 Å². The SMILES string of the molecule is COc1ccc(-c2nc(C(=O)Nc3ccc(C(C)=O)cc3)nn2-c2ccccc2Cl)cc1. The fraction of sp³-hybridized carbons (Fsp3) is 0.0833. The van der Waals surface area contributed by atoms with Gasteiger partial charge in [0.2, 0.25) is 5.82 Å². The summed E-state index contributed by atoms with van der Waals surface area (Å²) in [4.78, 5) is 28.8. The molecule has 1 N–H and O–H groups in total. The Morgan fingerprint density at radius 1 is 0.969 bits per heavy atom. The summed E-state index contributed by atoms with van der Waals surface area (Å²) in [6, 6.07) is 21.1. The molecule has 3 aromatic carbocycles. The maximum atomic E-state index is 12.9. The number of rotatable bonds is 6. The molecular weight excluding hydrogens is 428 g/mol. The largest absolute Gasteiger partial charge is 0.497 e. The minimum Gasteiger partial charge on any atom is -0.497 e. The van der Waals surface area contributed by atoms with Crippen molar-refractivity contribution in [3.05, 3.63) is 89.2 Å². The number of hydrogen-bond acceptors (Lipinski definition) is 5. The molecule has 0 spiro atoms. The number of methoxy groups -OCH3 is 1. The standard InChI is InChI=1S/C24H19ClN4O3/c1-15(30)16-7-11-18(12-8-16)26-24(31)22-27-23(17-9-13-19(32-2)14-10-17)29(28-22)21-6-4-3-5-20(21)25/h3-14H,1-2H3,(H,26,31). The third kappa shape index (κ3) is 4.38. The molecule has 32 heavy (non-hydrogen) atoms. The van der Waals surface area contributed by atoms with Gasteiger partial charge in [-0.25, -0.2) is 9.67 Å². The summed E-state index contributed by atoms with van der Waals surface area (Å²) < 4.78 is 6.76. The number of para-hydroxylation sites is 1. The minimum atomic E-state index is -0.485. The molecule has 4 aromatic rings. The molecule has 0 bridgehead atoms. The second-order valence-electron chi connectivity index (χ2n) is 6.94. The minimum absolute atomic E-state index is 0.0219. The van der Waals surface area contributed by atoms with Crippen LogP contribution in [0.5, 0.6) is 5.75 Å². The highest BCUT2D eigenvalue weighted by Crippen LogP contribution is 2.27. The Morgan fingerprint density at radius 3 is 2.28 bits per heavy atom. The molecule has 1 aromatic heterocycles. The second-order valence-corrected chi connectivity index (χ2v) is 7.35. The lowest BCUT2D eigenvalue weighted by atomic mass is 10.1. The fourth-order valence-corrected chi connectivity index (χ4v) is 3.32. The van der Waals surface area contributed by atoms with Gasteiger partial charge in [0.25, 0.3) is 5.91 Å². The maximum absolute atomic E-state index is 12.9. The zero-order chi connectivity index (χ0) is 22.7. The lowest BCUT2D eigenvalue weighted by Gasteiger charge is -2.08. The van der Waals surface area contributed by atoms with Gasteiger partial charge in [0.05, 0.1) is 17.8 Å². The number of Topliss-reactive ketones (excluding diaryl/α,β-unsaturated/α-hetero) is 1. The van der Waals surface area contributed by atoms with Crippen LogP contribution in [-0.2, 0) is 0 Å². The van der Waals surface area contributed by atoms with E-state index in [0.29, 0.717) is 33.5 Å². The van der Waals surface area contributed by atoms with Gasteiger partial charge < -0.3 is 10.1 Å². The van der Waals surface area contributed by atoms with Crippen LogP contribution in [0.2, 0.25) is 5.02 Å². The number of nitrogens with zero attached hydrogens (tertiary/aromatic N) is 3. The number of carbonyl (C=O) groups excluding carboxylic acids is 2. The van der Waals surface area contributed by atoms with Crippen molar-refractivity contribution in [1.29, 1.82) is 0 Å². The Hall–Kier alpha value is -3.97. The van der Waals surface area contributed by atoms with Gasteiger partial charge >= 0.3 is 0 Å². The van der Waals surface area contributed by atoms with E-state index in [-0.39, 0.29) is 11.6 Å². The van der Waals surface area contributed by atoms with Crippen LogP contribution in [0.4, 0.5) is 5.69 Å². The van der Waals surface area contributed by atoms with Crippen LogP contribution in [0.15, 0.2) is 72.8 Å². The van der Waals surface area contributed by atoms with E-state index in [1.807, 2.05) is 24.3 Å². The Morgan fingerprint density at radius 2 is 1.66 bits per heavy atom. The summed E-state index contributed by atoms with van der Waals surface area (Å²) in [5, 5.41) is 7.66. The molecule has 0 unspecified atom stereocenters. The molecule has 0 aliphatic heterocycles. The van der Waals surface area contributed by atoms with Crippen molar-refractivity contribution in [2.75, 3.05) is 12.4 Å². The normalized spacial score (nSPS) is 10.6. The van der Waals surface area contributed by atoms with Crippen LogP contribution >= 0.6 is 11.6 Å². The number of ketones is 1. The Kier molecular flexibility index (Phi) is 6.00. The van der Waals surface area contributed by atoms with Crippen molar-refractivity contribution in [3.8, 4) is 22.8 Å². The molecule has 0 saturated heterocycles. The fourth-order valence-electron chi connectivity index (χ4n) is 3.10. The van der Waals surface area contributed by atoms with Crippen LogP contribution < -0.4 is 10.1 Å². The number of aromatic nitrogens is 3. The maximum Gasteiger partial charge on any atom is 0.295 e. The van der Waals surface area contributed by atoms with Crippen LogP contribution in [0.3, 0.4) is 0 Å². The monoisotopic (exact) mass is 446 g/mol. The number of amides is 1. The van der Waals surface area contributed by atoms with E-state index in [1.165, 1.54) is 11.6 Å². The molecular formula is C24H19ClN4O3. The van der Waals surface area contributed by atoms with Crippen LogP contribution in [-0.4, -0.2) is 33.6 Å². The van der Waals surface area contributed by atoms with E-state index in [2.05, 4.69) is 15.4 Å². The predicted octanol–water partition coefficient (Wildman–Crippen LogP) is 5.05. The summed E-state index contributed by atoms with van der Waals surface area (Å²) in [6.45, 7) is 1.49. The van der Waals surface area contributed by atoms with Gasteiger partial charge in [-0.05, 0) is 67.6 Å². The topological polar surface area (TPSA) is 86.1 Å². The summed E-state index contributed by atoms with van der Waals surface area (Å²) in [5.41, 5.74) is 2.42. The van der Waals surface area contributed by atoms with Gasteiger partial charge in [-0.1, -0.05) is 23.7 Å². The molecule has 0 aliphatic rings. The zero-order valence-corrected chi connectivity index (χ0v) is 18.1. The number of carbonyl (C=O) groups is 2. The summed E-state index contributed by atoms with van der Waals surface area (Å²) >= 11 is 6.39. The number of anilines is 1. The van der Waals surface area contributed by atoms with Gasteiger partial charge in [-0.3, -0.25) is 9.59 Å². The highest BCUT2D eigenvalue weighted by molar-refractivity contribution is 6.32. The lowest BCUT2D eigenvalue weighted by Crippen LogP contribution is -2.14. The first kappa shape index (κ1) is 21.3. The van der Waals surface area contributed by atoms with Crippen LogP contribution in [0, 0.1) is 0 Å². The van der Waals surface area contributed by atoms with Crippen molar-refractivity contribution in [2.24, 2.45) is 0 Å². The number of benzene rings is 3. The Balaban J connectivity index is 1.71. The van der Waals surface area contributed by atoms with Crippen molar-refractivity contribution in [2.45, 2.75) is 6.92 Å². The van der Waals surface area contributed by atoms with Crippen molar-refractivity contribution < 1.29 is 14.3 Å². The van der Waals surface area contributed by atoms with E-state index in [4.69, 9.17) is 16.3 Å². The molecule has 0 radical (unpaired) electrons. The molecule has 160 valence electrons. The average Bonchev–Trinajstić information content (AvgIpc) is 3.25. The zero-order valence-electron chi connectivity index (χ0n) is 17.4. The first-order valence-electron chi connectivity index (χ1n) is 9.75. The number of hydrogen-bond donors (Lipinski definition) is 1. The lowest BCUT2D eigenvalue weighted by molar-refractivity contribution is 0.101. The highest BCUT2D eigenvalue weighted by atomic mass is 35.5. The summed E-state index contributed by atoms with van der Waals surface area (Å²) in [5.74, 6) is 0.599. The molecule has 0 aliphatic carbocycles. The smallest absolute Gasteiger partial charge is 0.295 e. The average molecular weight is 447 g/mol. The first-order valence-corrected chi connectivity index (χ1v) is 10.1.